The zero-order chi connectivity index (χ0) is 23.1. The number of methoxy groups -OCH3 is 2. The van der Waals surface area contributed by atoms with Gasteiger partial charge in [-0.2, -0.15) is 0 Å². The maximum absolute atomic E-state index is 12.9. The van der Waals surface area contributed by atoms with Gasteiger partial charge in [-0.1, -0.05) is 30.3 Å². The molecule has 7 nitrogen and oxygen atoms in total. The van der Waals surface area contributed by atoms with Crippen LogP contribution in [0.25, 0.3) is 0 Å². The summed E-state index contributed by atoms with van der Waals surface area (Å²) in [6.07, 6.45) is 0. The molecule has 0 radical (unpaired) electrons. The average Bonchev–Trinajstić information content (AvgIpc) is 2.82. The fourth-order valence-electron chi connectivity index (χ4n) is 3.24. The van der Waals surface area contributed by atoms with E-state index in [4.69, 9.17) is 9.47 Å². The molecular weight excluding hydrogens is 406 g/mol. The van der Waals surface area contributed by atoms with E-state index >= 15 is 0 Å². The number of ether oxygens (including phenoxy) is 2. The molecule has 0 aromatic heterocycles. The van der Waals surface area contributed by atoms with Gasteiger partial charge >= 0.3 is 0 Å². The second-order valence-electron chi connectivity index (χ2n) is 7.31. The van der Waals surface area contributed by atoms with Gasteiger partial charge in [-0.15, -0.1) is 0 Å². The van der Waals surface area contributed by atoms with Gasteiger partial charge in [0, 0.05) is 38.1 Å². The summed E-state index contributed by atoms with van der Waals surface area (Å²) >= 11 is 0. The Morgan fingerprint density at radius 2 is 1.59 bits per heavy atom. The third kappa shape index (κ3) is 5.37. The van der Waals surface area contributed by atoms with E-state index < -0.39 is 0 Å². The predicted molar refractivity (Wildman–Crippen MR) is 126 cm³/mol. The van der Waals surface area contributed by atoms with E-state index in [-0.39, 0.29) is 11.8 Å². The van der Waals surface area contributed by atoms with E-state index in [1.54, 1.807) is 43.5 Å². The Balaban J connectivity index is 1.82. The van der Waals surface area contributed by atoms with Crippen molar-refractivity contribution < 1.29 is 19.1 Å². The number of hydrogen-bond acceptors (Lipinski definition) is 5. The molecule has 0 aliphatic rings. The van der Waals surface area contributed by atoms with Gasteiger partial charge in [0.1, 0.15) is 11.5 Å². The zero-order valence-electron chi connectivity index (χ0n) is 18.6. The van der Waals surface area contributed by atoms with Crippen LogP contribution >= 0.6 is 0 Å². The molecule has 0 aliphatic heterocycles. The lowest BCUT2D eigenvalue weighted by molar-refractivity contribution is 0.0950. The third-order valence-electron chi connectivity index (χ3n) is 4.93. The maximum Gasteiger partial charge on any atom is 0.259 e. The van der Waals surface area contributed by atoms with Crippen molar-refractivity contribution in [1.29, 1.82) is 0 Å². The molecule has 0 aliphatic carbocycles. The Hall–Kier alpha value is -4.00. The molecule has 166 valence electrons. The third-order valence-corrected chi connectivity index (χ3v) is 4.93. The van der Waals surface area contributed by atoms with E-state index in [1.165, 1.54) is 7.11 Å². The molecular formula is C25H27N3O4. The first-order valence-electron chi connectivity index (χ1n) is 10.1. The lowest BCUT2D eigenvalue weighted by Gasteiger charge is -2.19. The minimum Gasteiger partial charge on any atom is -0.497 e. The SMILES string of the molecule is COc1ccc(C(=O)Nc2ccc(N(C)C)c(C(=O)NCc3ccccc3)c2)c(OC)c1. The molecule has 0 heterocycles. The van der Waals surface area contributed by atoms with Crippen LogP contribution in [0, 0.1) is 0 Å². The number of benzene rings is 3. The lowest BCUT2D eigenvalue weighted by atomic mass is 10.1. The summed E-state index contributed by atoms with van der Waals surface area (Å²) in [5, 5.41) is 5.79. The van der Waals surface area contributed by atoms with Crippen molar-refractivity contribution in [2.75, 3.05) is 38.5 Å². The largest absolute Gasteiger partial charge is 0.497 e. The highest BCUT2D eigenvalue weighted by atomic mass is 16.5. The molecule has 2 amide bonds. The van der Waals surface area contributed by atoms with Crippen LogP contribution in [0.15, 0.2) is 66.7 Å². The molecule has 0 atom stereocenters. The molecule has 0 spiro atoms. The van der Waals surface area contributed by atoms with Crippen molar-refractivity contribution in [2.45, 2.75) is 6.54 Å². The summed E-state index contributed by atoms with van der Waals surface area (Å²) in [6, 6.07) is 19.9. The molecule has 0 fully saturated rings. The number of nitrogens with one attached hydrogen (secondary N) is 2. The number of hydrogen-bond donors (Lipinski definition) is 2. The van der Waals surface area contributed by atoms with Crippen LogP contribution in [-0.2, 0) is 6.54 Å². The van der Waals surface area contributed by atoms with E-state index in [0.717, 1.165) is 11.3 Å². The molecule has 3 rings (SSSR count). The van der Waals surface area contributed by atoms with Crippen molar-refractivity contribution in [3.63, 3.8) is 0 Å². The highest BCUT2D eigenvalue weighted by molar-refractivity contribution is 6.07. The monoisotopic (exact) mass is 433 g/mol. The van der Waals surface area contributed by atoms with Crippen molar-refractivity contribution >= 4 is 23.2 Å². The van der Waals surface area contributed by atoms with Gasteiger partial charge in [0.05, 0.1) is 25.3 Å². The molecule has 2 N–H and O–H groups in total. The van der Waals surface area contributed by atoms with Crippen molar-refractivity contribution in [3.05, 3.63) is 83.4 Å². The van der Waals surface area contributed by atoms with Gasteiger partial charge in [0.2, 0.25) is 0 Å². The summed E-state index contributed by atoms with van der Waals surface area (Å²) in [4.78, 5) is 27.7. The number of rotatable bonds is 8. The molecule has 32 heavy (non-hydrogen) atoms. The fraction of sp³-hybridized carbons (Fsp3) is 0.200. The van der Waals surface area contributed by atoms with Crippen molar-refractivity contribution in [1.82, 2.24) is 5.32 Å². The molecule has 7 heteroatoms. The zero-order valence-corrected chi connectivity index (χ0v) is 18.6. The molecule has 3 aromatic rings. The molecule has 0 bridgehead atoms. The van der Waals surface area contributed by atoms with Crippen LogP contribution in [0.5, 0.6) is 11.5 Å². The van der Waals surface area contributed by atoms with Crippen LogP contribution in [0.4, 0.5) is 11.4 Å². The summed E-state index contributed by atoms with van der Waals surface area (Å²) in [5.74, 6) is 0.409. The van der Waals surface area contributed by atoms with Crippen LogP contribution < -0.4 is 25.0 Å². The highest BCUT2D eigenvalue weighted by Crippen LogP contribution is 2.27. The Kier molecular flexibility index (Phi) is 7.33. The van der Waals surface area contributed by atoms with Gasteiger partial charge in [0.15, 0.2) is 0 Å². The normalized spacial score (nSPS) is 10.2. The second kappa shape index (κ2) is 10.3. The van der Waals surface area contributed by atoms with Crippen LogP contribution in [0.3, 0.4) is 0 Å². The molecule has 0 saturated heterocycles. The Labute approximate surface area is 188 Å². The minimum atomic E-state index is -0.349. The first kappa shape index (κ1) is 22.7. The van der Waals surface area contributed by atoms with Crippen molar-refractivity contribution in [2.24, 2.45) is 0 Å². The van der Waals surface area contributed by atoms with E-state index in [9.17, 15) is 9.59 Å². The first-order valence-corrected chi connectivity index (χ1v) is 10.1. The lowest BCUT2D eigenvalue weighted by Crippen LogP contribution is -2.25. The van der Waals surface area contributed by atoms with E-state index in [2.05, 4.69) is 10.6 Å². The van der Waals surface area contributed by atoms with Crippen LogP contribution in [0.2, 0.25) is 0 Å². The van der Waals surface area contributed by atoms with Gasteiger partial charge in [0.25, 0.3) is 11.8 Å². The average molecular weight is 434 g/mol. The van der Waals surface area contributed by atoms with Crippen LogP contribution in [-0.4, -0.2) is 40.1 Å². The van der Waals surface area contributed by atoms with Gasteiger partial charge in [-0.3, -0.25) is 9.59 Å². The Morgan fingerprint density at radius 1 is 0.844 bits per heavy atom. The second-order valence-corrected chi connectivity index (χ2v) is 7.31. The van der Waals surface area contributed by atoms with Gasteiger partial charge < -0.3 is 25.0 Å². The number of carbonyl (C=O) groups excluding carboxylic acids is 2. The number of anilines is 2. The highest BCUT2D eigenvalue weighted by Gasteiger charge is 2.17. The summed E-state index contributed by atoms with van der Waals surface area (Å²) in [7, 11) is 6.77. The minimum absolute atomic E-state index is 0.226. The molecule has 0 unspecified atom stereocenters. The summed E-state index contributed by atoms with van der Waals surface area (Å²) in [5.41, 5.74) is 3.08. The van der Waals surface area contributed by atoms with Crippen LogP contribution in [0.1, 0.15) is 26.3 Å². The number of nitrogens with zero attached hydrogens (tertiary/aromatic N) is 1. The number of amides is 2. The molecule has 0 saturated carbocycles. The maximum atomic E-state index is 12.9. The van der Waals surface area contributed by atoms with Gasteiger partial charge in [-0.05, 0) is 35.9 Å². The topological polar surface area (TPSA) is 79.9 Å². The van der Waals surface area contributed by atoms with Gasteiger partial charge in [-0.25, -0.2) is 0 Å². The predicted octanol–water partition coefficient (Wildman–Crippen LogP) is 3.95. The summed E-state index contributed by atoms with van der Waals surface area (Å²) in [6.45, 7) is 0.409. The van der Waals surface area contributed by atoms with E-state index in [0.29, 0.717) is 34.9 Å². The smallest absolute Gasteiger partial charge is 0.259 e. The molecule has 3 aromatic carbocycles. The fourth-order valence-corrected chi connectivity index (χ4v) is 3.24. The Bertz CT molecular complexity index is 1100. The van der Waals surface area contributed by atoms with Crippen molar-refractivity contribution in [3.8, 4) is 11.5 Å². The number of carbonyl (C=O) groups is 2. The first-order chi connectivity index (χ1) is 15.4. The van der Waals surface area contributed by atoms with E-state index in [1.807, 2.05) is 49.3 Å². The quantitative estimate of drug-likeness (QED) is 0.562. The standard InChI is InChI=1S/C25H27N3O4/c1-28(2)22-13-10-18(14-21(22)24(29)26-16-17-8-6-5-7-9-17)27-25(30)20-12-11-19(31-3)15-23(20)32-4/h5-15H,16H2,1-4H3,(H,26,29)(H,27,30). The Morgan fingerprint density at radius 3 is 2.25 bits per heavy atom. The summed E-state index contributed by atoms with van der Waals surface area (Å²) < 4.78 is 10.5.